The van der Waals surface area contributed by atoms with Crippen LogP contribution in [0.4, 0.5) is 13.2 Å². The Morgan fingerprint density at radius 2 is 1.77 bits per heavy atom. The van der Waals surface area contributed by atoms with E-state index in [4.69, 9.17) is 0 Å². The SMILES string of the molecule is CCOC(=O)CC(=O)C(F)(F)F.[Cu+2]. The third-order valence-electron chi connectivity index (χ3n) is 0.926. The summed E-state index contributed by atoms with van der Waals surface area (Å²) in [6.07, 6.45) is -6.19. The molecule has 0 unspecified atom stereocenters. The van der Waals surface area contributed by atoms with Crippen LogP contribution in [-0.4, -0.2) is 24.5 Å². The molecule has 7 heteroatoms. The summed E-state index contributed by atoms with van der Waals surface area (Å²) in [7, 11) is 0. The number of carbonyl (C=O) groups is 2. The molecule has 0 saturated carbocycles. The van der Waals surface area contributed by atoms with Gasteiger partial charge in [0, 0.05) is 0 Å². The van der Waals surface area contributed by atoms with E-state index < -0.39 is 24.3 Å². The average molecular weight is 248 g/mol. The van der Waals surface area contributed by atoms with Gasteiger partial charge in [-0.25, -0.2) is 0 Å². The average Bonchev–Trinajstić information content (AvgIpc) is 1.85. The van der Waals surface area contributed by atoms with Gasteiger partial charge in [-0.3, -0.25) is 9.59 Å². The van der Waals surface area contributed by atoms with Gasteiger partial charge in [0.05, 0.1) is 6.61 Å². The number of ketones is 1. The van der Waals surface area contributed by atoms with Gasteiger partial charge in [0.25, 0.3) is 0 Å². The van der Waals surface area contributed by atoms with Crippen molar-refractivity contribution in [2.45, 2.75) is 19.5 Å². The van der Waals surface area contributed by atoms with E-state index in [1.165, 1.54) is 6.92 Å². The van der Waals surface area contributed by atoms with E-state index in [9.17, 15) is 22.8 Å². The van der Waals surface area contributed by atoms with Gasteiger partial charge in [-0.2, -0.15) is 13.2 Å². The molecule has 0 heterocycles. The van der Waals surface area contributed by atoms with Crippen LogP contribution in [0.15, 0.2) is 0 Å². The Kier molecular flexibility index (Phi) is 6.88. The monoisotopic (exact) mass is 247 g/mol. The number of halogens is 3. The second-order valence-corrected chi connectivity index (χ2v) is 1.90. The van der Waals surface area contributed by atoms with Crippen LogP contribution in [-0.2, 0) is 31.4 Å². The van der Waals surface area contributed by atoms with Crippen molar-refractivity contribution in [3.8, 4) is 0 Å². The number of carbonyl (C=O) groups excluding carboxylic acids is 2. The molecule has 0 bridgehead atoms. The Morgan fingerprint density at radius 3 is 2.08 bits per heavy atom. The summed E-state index contributed by atoms with van der Waals surface area (Å²) in [5.41, 5.74) is 0. The summed E-state index contributed by atoms with van der Waals surface area (Å²) >= 11 is 0. The molecule has 0 fully saturated rings. The maximum absolute atomic E-state index is 11.5. The van der Waals surface area contributed by atoms with Crippen molar-refractivity contribution in [3.63, 3.8) is 0 Å². The molecule has 0 aliphatic rings. The quantitative estimate of drug-likeness (QED) is 0.426. The van der Waals surface area contributed by atoms with Gasteiger partial charge in [0.1, 0.15) is 6.42 Å². The van der Waals surface area contributed by atoms with Crippen molar-refractivity contribution in [2.75, 3.05) is 6.61 Å². The van der Waals surface area contributed by atoms with Crippen molar-refractivity contribution in [1.82, 2.24) is 0 Å². The second-order valence-electron chi connectivity index (χ2n) is 1.90. The van der Waals surface area contributed by atoms with E-state index in [1.54, 1.807) is 0 Å². The van der Waals surface area contributed by atoms with Crippen LogP contribution >= 0.6 is 0 Å². The van der Waals surface area contributed by atoms with Crippen LogP contribution in [0.1, 0.15) is 13.3 Å². The normalized spacial score (nSPS) is 10.2. The van der Waals surface area contributed by atoms with Crippen LogP contribution in [0.5, 0.6) is 0 Å². The van der Waals surface area contributed by atoms with Gasteiger partial charge in [-0.05, 0) is 6.92 Å². The van der Waals surface area contributed by atoms with E-state index in [0.29, 0.717) is 0 Å². The molecule has 0 N–H and O–H groups in total. The van der Waals surface area contributed by atoms with E-state index in [0.717, 1.165) is 0 Å². The Bertz CT molecular complexity index is 190. The van der Waals surface area contributed by atoms with Crippen LogP contribution in [0.25, 0.3) is 0 Å². The number of ether oxygens (including phenoxy) is 1. The molecule has 3 nitrogen and oxygen atoms in total. The van der Waals surface area contributed by atoms with Crippen molar-refractivity contribution in [1.29, 1.82) is 0 Å². The molecule has 0 aromatic carbocycles. The van der Waals surface area contributed by atoms with Crippen LogP contribution in [0.3, 0.4) is 0 Å². The third-order valence-corrected chi connectivity index (χ3v) is 0.926. The van der Waals surface area contributed by atoms with Crippen molar-refractivity contribution < 1.29 is 44.6 Å². The number of hydrogen-bond acceptors (Lipinski definition) is 3. The van der Waals surface area contributed by atoms with Crippen molar-refractivity contribution in [2.24, 2.45) is 0 Å². The molecule has 0 saturated heterocycles. The molecule has 0 aliphatic heterocycles. The fourth-order valence-corrected chi connectivity index (χ4v) is 0.443. The molecular weight excluding hydrogens is 241 g/mol. The minimum atomic E-state index is -4.95. The zero-order chi connectivity index (χ0) is 9.78. The maximum Gasteiger partial charge on any atom is 2.00 e. The molecule has 0 atom stereocenters. The molecular formula is C6H7CuF3O3+2. The minimum absolute atomic E-state index is 0. The predicted octanol–water partition coefficient (Wildman–Crippen LogP) is 1.07. The zero-order valence-electron chi connectivity index (χ0n) is 6.57. The largest absolute Gasteiger partial charge is 2.00 e. The zero-order valence-corrected chi connectivity index (χ0v) is 7.52. The summed E-state index contributed by atoms with van der Waals surface area (Å²) in [4.78, 5) is 20.5. The van der Waals surface area contributed by atoms with Gasteiger partial charge >= 0.3 is 29.2 Å². The molecule has 13 heavy (non-hydrogen) atoms. The molecule has 0 aromatic rings. The second kappa shape index (κ2) is 5.99. The standard InChI is InChI=1S/C6H7F3O3.Cu/c1-2-12-5(11)3-4(10)6(7,8)9;/h2-3H2,1H3;/q;+2. The van der Waals surface area contributed by atoms with Gasteiger partial charge < -0.3 is 4.74 Å². The van der Waals surface area contributed by atoms with E-state index in [1.807, 2.05) is 0 Å². The Hall–Kier alpha value is -0.551. The molecule has 0 aliphatic carbocycles. The molecule has 0 rings (SSSR count). The van der Waals surface area contributed by atoms with Gasteiger partial charge in [-0.1, -0.05) is 0 Å². The molecule has 0 aromatic heterocycles. The van der Waals surface area contributed by atoms with Crippen molar-refractivity contribution >= 4 is 11.8 Å². The van der Waals surface area contributed by atoms with E-state index in [-0.39, 0.29) is 23.7 Å². The van der Waals surface area contributed by atoms with E-state index >= 15 is 0 Å². The first-order chi connectivity index (χ1) is 5.38. The summed E-state index contributed by atoms with van der Waals surface area (Å²) in [6.45, 7) is 1.40. The van der Waals surface area contributed by atoms with Gasteiger partial charge in [0.2, 0.25) is 5.78 Å². The Labute approximate surface area is 83.1 Å². The smallest absolute Gasteiger partial charge is 0.466 e. The number of esters is 1. The van der Waals surface area contributed by atoms with Crippen LogP contribution in [0.2, 0.25) is 0 Å². The first kappa shape index (κ1) is 14.9. The Morgan fingerprint density at radius 1 is 1.31 bits per heavy atom. The van der Waals surface area contributed by atoms with Gasteiger partial charge in [-0.15, -0.1) is 0 Å². The van der Waals surface area contributed by atoms with Gasteiger partial charge in [0.15, 0.2) is 0 Å². The fraction of sp³-hybridized carbons (Fsp3) is 0.667. The van der Waals surface area contributed by atoms with E-state index in [2.05, 4.69) is 4.74 Å². The van der Waals surface area contributed by atoms with Crippen molar-refractivity contribution in [3.05, 3.63) is 0 Å². The number of alkyl halides is 3. The summed E-state index contributed by atoms with van der Waals surface area (Å²) < 4.78 is 38.6. The maximum atomic E-state index is 11.5. The minimum Gasteiger partial charge on any atom is -0.466 e. The predicted molar refractivity (Wildman–Crippen MR) is 32.3 cm³/mol. The number of Topliss-reactive ketones (excluding diaryl/α,β-unsaturated/α-hetero) is 1. The molecule has 79 valence electrons. The number of rotatable bonds is 3. The fourth-order valence-electron chi connectivity index (χ4n) is 0.443. The van der Waals surface area contributed by atoms with Crippen LogP contribution < -0.4 is 0 Å². The topological polar surface area (TPSA) is 43.4 Å². The van der Waals surface area contributed by atoms with Crippen LogP contribution in [0, 0.1) is 0 Å². The first-order valence-corrected chi connectivity index (χ1v) is 3.13. The molecule has 0 amide bonds. The number of hydrogen-bond donors (Lipinski definition) is 0. The first-order valence-electron chi connectivity index (χ1n) is 3.13. The summed E-state index contributed by atoms with van der Waals surface area (Å²) in [5, 5.41) is 0. The third kappa shape index (κ3) is 6.60. The summed E-state index contributed by atoms with van der Waals surface area (Å²) in [5.74, 6) is -3.24. The Balaban J connectivity index is 0. The summed E-state index contributed by atoms with van der Waals surface area (Å²) in [6, 6.07) is 0. The molecule has 0 spiro atoms. The molecule has 1 radical (unpaired) electrons.